The highest BCUT2D eigenvalue weighted by atomic mass is 32.2. The van der Waals surface area contributed by atoms with Gasteiger partial charge in [-0.15, -0.1) is 10.2 Å². The minimum absolute atomic E-state index is 0.112. The molecule has 0 saturated carbocycles. The van der Waals surface area contributed by atoms with Gasteiger partial charge in [0.05, 0.1) is 18.5 Å². The second-order valence-electron chi connectivity index (χ2n) is 7.40. The van der Waals surface area contributed by atoms with Crippen molar-refractivity contribution in [3.8, 4) is 5.75 Å². The zero-order valence-electron chi connectivity index (χ0n) is 16.2. The maximum Gasteiger partial charge on any atom is 0.269 e. The molecule has 3 rings (SSSR count). The highest BCUT2D eigenvalue weighted by molar-refractivity contribution is 8.00. The molecule has 1 aliphatic rings. The number of rotatable bonds is 4. The molecule has 8 nitrogen and oxygen atoms in total. The Bertz CT molecular complexity index is 998. The van der Waals surface area contributed by atoms with Gasteiger partial charge in [-0.25, -0.2) is 8.42 Å². The molecule has 0 bridgehead atoms. The van der Waals surface area contributed by atoms with E-state index < -0.39 is 22.0 Å². The molecule has 0 saturated heterocycles. The molecule has 2 heterocycles. The lowest BCUT2D eigenvalue weighted by Gasteiger charge is -2.35. The first-order valence-corrected chi connectivity index (χ1v) is 12.4. The van der Waals surface area contributed by atoms with Crippen LogP contribution in [0.5, 0.6) is 5.75 Å². The minimum atomic E-state index is -3.60. The number of nitrogens with zero attached hydrogens (tertiary/aromatic N) is 3. The summed E-state index contributed by atoms with van der Waals surface area (Å²) in [6.07, 6.45) is 1.99. The smallest absolute Gasteiger partial charge is 0.269 e. The summed E-state index contributed by atoms with van der Waals surface area (Å²) in [6, 6.07) is 5.40. The van der Waals surface area contributed by atoms with Crippen LogP contribution in [0.3, 0.4) is 0 Å². The second kappa shape index (κ2) is 7.53. The van der Waals surface area contributed by atoms with Crippen LogP contribution in [0, 0.1) is 0 Å². The first kappa shape index (κ1) is 20.9. The van der Waals surface area contributed by atoms with E-state index in [1.165, 1.54) is 27.4 Å². The lowest BCUT2D eigenvalue weighted by molar-refractivity contribution is -0.122. The van der Waals surface area contributed by atoms with E-state index in [4.69, 9.17) is 4.74 Å². The van der Waals surface area contributed by atoms with E-state index in [1.54, 1.807) is 12.1 Å². The summed E-state index contributed by atoms with van der Waals surface area (Å²) in [5, 5.41) is 10.8. The average Bonchev–Trinajstić information content (AvgIpc) is 3.06. The Kier molecular flexibility index (Phi) is 5.61. The van der Waals surface area contributed by atoms with Crippen LogP contribution in [-0.2, 0) is 20.2 Å². The van der Waals surface area contributed by atoms with Gasteiger partial charge in [-0.1, -0.05) is 49.9 Å². The van der Waals surface area contributed by atoms with Gasteiger partial charge >= 0.3 is 0 Å². The Morgan fingerprint density at radius 2 is 2.07 bits per heavy atom. The molecule has 2 aromatic rings. The van der Waals surface area contributed by atoms with Crippen molar-refractivity contribution in [2.75, 3.05) is 28.7 Å². The third kappa shape index (κ3) is 4.41. The van der Waals surface area contributed by atoms with Crippen molar-refractivity contribution in [2.45, 2.75) is 36.6 Å². The minimum Gasteiger partial charge on any atom is -0.476 e. The van der Waals surface area contributed by atoms with Gasteiger partial charge in [0.15, 0.2) is 10.4 Å². The number of nitrogens with one attached hydrogen (secondary N) is 1. The normalized spacial score (nSPS) is 17.0. The van der Waals surface area contributed by atoms with Crippen molar-refractivity contribution < 1.29 is 17.9 Å². The van der Waals surface area contributed by atoms with E-state index in [2.05, 4.69) is 15.5 Å². The van der Waals surface area contributed by atoms with E-state index in [-0.39, 0.29) is 12.0 Å². The first-order valence-electron chi connectivity index (χ1n) is 8.46. The Morgan fingerprint density at radius 1 is 1.36 bits per heavy atom. The van der Waals surface area contributed by atoms with Crippen LogP contribution in [0.15, 0.2) is 22.5 Å². The first-order chi connectivity index (χ1) is 13.0. The number of benzene rings is 1. The summed E-state index contributed by atoms with van der Waals surface area (Å²) in [7, 11) is -3.60. The number of ether oxygens (including phenoxy) is 1. The summed E-state index contributed by atoms with van der Waals surface area (Å²) in [5.74, 6) is -0.116. The molecule has 28 heavy (non-hydrogen) atoms. The molecule has 1 aromatic heterocycles. The fourth-order valence-electron chi connectivity index (χ4n) is 2.70. The van der Waals surface area contributed by atoms with E-state index in [0.717, 1.165) is 16.2 Å². The molecule has 1 aromatic carbocycles. The number of sulfonamides is 1. The number of carbonyl (C=O) groups is 1. The quantitative estimate of drug-likeness (QED) is 0.574. The molecule has 0 spiro atoms. The van der Waals surface area contributed by atoms with Crippen LogP contribution < -0.4 is 14.4 Å². The lowest BCUT2D eigenvalue weighted by atomic mass is 9.86. The molecule has 152 valence electrons. The number of anilines is 2. The molecule has 0 aliphatic carbocycles. The SMILES string of the molecule is CSc1nnc(NC(=O)[C@@H]2CN(S(C)(=O)=O)c3cc(C(C)(C)C)ccc3O2)s1. The number of carbonyl (C=O) groups excluding carboxylic acids is 1. The summed E-state index contributed by atoms with van der Waals surface area (Å²) < 4.78 is 32.6. The molecule has 1 atom stereocenters. The van der Waals surface area contributed by atoms with Crippen molar-refractivity contribution in [2.24, 2.45) is 0 Å². The number of hydrogen-bond donors (Lipinski definition) is 1. The highest BCUT2D eigenvalue weighted by Crippen LogP contribution is 2.38. The third-order valence-electron chi connectivity index (χ3n) is 4.20. The molecule has 1 aliphatic heterocycles. The van der Waals surface area contributed by atoms with Crippen molar-refractivity contribution in [1.82, 2.24) is 10.2 Å². The van der Waals surface area contributed by atoms with Crippen LogP contribution >= 0.6 is 23.1 Å². The summed E-state index contributed by atoms with van der Waals surface area (Å²) >= 11 is 2.67. The second-order valence-corrected chi connectivity index (χ2v) is 11.3. The maximum absolute atomic E-state index is 12.6. The van der Waals surface area contributed by atoms with Crippen LogP contribution in [0.2, 0.25) is 0 Å². The number of aromatic nitrogens is 2. The van der Waals surface area contributed by atoms with Crippen molar-refractivity contribution in [3.63, 3.8) is 0 Å². The Morgan fingerprint density at radius 3 is 2.64 bits per heavy atom. The third-order valence-corrected chi connectivity index (χ3v) is 7.16. The molecule has 0 radical (unpaired) electrons. The zero-order chi connectivity index (χ0) is 20.7. The largest absolute Gasteiger partial charge is 0.476 e. The fourth-order valence-corrected chi connectivity index (χ4v) is 4.78. The highest BCUT2D eigenvalue weighted by Gasteiger charge is 2.36. The number of fused-ring (bicyclic) bond motifs is 1. The standard InChI is InChI=1S/C17H22N4O4S3/c1-17(2,3)10-6-7-12-11(8-10)21(28(5,23)24)9-13(25-12)14(22)18-15-19-20-16(26-4)27-15/h6-8,13H,9H2,1-5H3,(H,18,19,22)/t13-/m0/s1. The van der Waals surface area contributed by atoms with Crippen LogP contribution in [-0.4, -0.2) is 49.7 Å². The van der Waals surface area contributed by atoms with Gasteiger partial charge in [-0.2, -0.15) is 0 Å². The van der Waals surface area contributed by atoms with Gasteiger partial charge in [0.25, 0.3) is 5.91 Å². The molecule has 1 amide bonds. The predicted molar refractivity (Wildman–Crippen MR) is 112 cm³/mol. The summed E-state index contributed by atoms with van der Waals surface area (Å²) in [6.45, 7) is 6.03. The molecule has 1 N–H and O–H groups in total. The number of amides is 1. The van der Waals surface area contributed by atoms with Crippen LogP contribution in [0.4, 0.5) is 10.8 Å². The molecule has 0 fully saturated rings. The van der Waals surface area contributed by atoms with E-state index in [9.17, 15) is 13.2 Å². The summed E-state index contributed by atoms with van der Waals surface area (Å²) in [4.78, 5) is 12.6. The van der Waals surface area contributed by atoms with Gasteiger partial charge in [-0.3, -0.25) is 14.4 Å². The Labute approximate surface area is 172 Å². The molecule has 0 unspecified atom stereocenters. The lowest BCUT2D eigenvalue weighted by Crippen LogP contribution is -2.48. The predicted octanol–water partition coefficient (Wildman–Crippen LogP) is 2.72. The molecular formula is C17H22N4O4S3. The Hall–Kier alpha value is -1.85. The molecule has 11 heteroatoms. The van der Waals surface area contributed by atoms with Crippen molar-refractivity contribution >= 4 is 49.8 Å². The topological polar surface area (TPSA) is 101 Å². The van der Waals surface area contributed by atoms with Gasteiger partial charge in [0, 0.05) is 0 Å². The summed E-state index contributed by atoms with van der Waals surface area (Å²) in [5.41, 5.74) is 1.27. The van der Waals surface area contributed by atoms with Crippen LogP contribution in [0.25, 0.3) is 0 Å². The van der Waals surface area contributed by atoms with Gasteiger partial charge in [-0.05, 0) is 29.4 Å². The van der Waals surface area contributed by atoms with Crippen molar-refractivity contribution in [1.29, 1.82) is 0 Å². The van der Waals surface area contributed by atoms with E-state index in [0.29, 0.717) is 16.6 Å². The monoisotopic (exact) mass is 442 g/mol. The number of thioether (sulfide) groups is 1. The average molecular weight is 443 g/mol. The van der Waals surface area contributed by atoms with E-state index >= 15 is 0 Å². The Balaban J connectivity index is 1.90. The van der Waals surface area contributed by atoms with E-state index in [1.807, 2.05) is 33.1 Å². The van der Waals surface area contributed by atoms with Crippen LogP contribution in [0.1, 0.15) is 26.3 Å². The molecular weight excluding hydrogens is 420 g/mol. The maximum atomic E-state index is 12.6. The zero-order valence-corrected chi connectivity index (χ0v) is 18.7. The van der Waals surface area contributed by atoms with Gasteiger partial charge in [0.1, 0.15) is 5.75 Å². The van der Waals surface area contributed by atoms with Crippen molar-refractivity contribution in [3.05, 3.63) is 23.8 Å². The van der Waals surface area contributed by atoms with Gasteiger partial charge in [0.2, 0.25) is 15.2 Å². The fraction of sp³-hybridized carbons (Fsp3) is 0.471. The number of hydrogen-bond acceptors (Lipinski definition) is 8. The van der Waals surface area contributed by atoms with Gasteiger partial charge < -0.3 is 4.74 Å².